The Labute approximate surface area is 169 Å². The van der Waals surface area contributed by atoms with Crippen LogP contribution in [0.3, 0.4) is 0 Å². The zero-order chi connectivity index (χ0) is 17.9. The van der Waals surface area contributed by atoms with Crippen molar-refractivity contribution in [3.63, 3.8) is 0 Å². The SMILES string of the molecule is CCNC(=NCC(O)c1ccc(OC(C)C)cc1)NCCC(C)C.I. The lowest BCUT2D eigenvalue weighted by atomic mass is 10.1. The summed E-state index contributed by atoms with van der Waals surface area (Å²) in [5.41, 5.74) is 0.841. The van der Waals surface area contributed by atoms with Gasteiger partial charge in [-0.25, -0.2) is 0 Å². The summed E-state index contributed by atoms with van der Waals surface area (Å²) in [4.78, 5) is 4.47. The standard InChI is InChI=1S/C19H33N3O2.HI/c1-6-20-19(21-12-11-14(2)3)22-13-18(23)16-7-9-17(10-8-16)24-15(4)5;/h7-10,14-15,18,23H,6,11-13H2,1-5H3,(H2,20,21,22);1H. The minimum Gasteiger partial charge on any atom is -0.491 e. The van der Waals surface area contributed by atoms with Crippen molar-refractivity contribution in [2.24, 2.45) is 10.9 Å². The van der Waals surface area contributed by atoms with Gasteiger partial charge in [-0.05, 0) is 50.8 Å². The molecule has 0 saturated carbocycles. The van der Waals surface area contributed by atoms with Gasteiger partial charge < -0.3 is 20.5 Å². The van der Waals surface area contributed by atoms with Gasteiger partial charge in [0.25, 0.3) is 0 Å². The van der Waals surface area contributed by atoms with Gasteiger partial charge in [0.05, 0.1) is 18.8 Å². The van der Waals surface area contributed by atoms with Gasteiger partial charge in [0, 0.05) is 13.1 Å². The van der Waals surface area contributed by atoms with Gasteiger partial charge in [0.2, 0.25) is 0 Å². The molecule has 0 aliphatic heterocycles. The second-order valence-electron chi connectivity index (χ2n) is 6.58. The van der Waals surface area contributed by atoms with E-state index in [9.17, 15) is 5.11 Å². The Kier molecular flexibility index (Phi) is 12.7. The van der Waals surface area contributed by atoms with E-state index in [1.54, 1.807) is 0 Å². The van der Waals surface area contributed by atoms with Gasteiger partial charge in [-0.2, -0.15) is 0 Å². The fraction of sp³-hybridized carbons (Fsp3) is 0.632. The maximum absolute atomic E-state index is 10.3. The van der Waals surface area contributed by atoms with Crippen LogP contribution in [0.2, 0.25) is 0 Å². The van der Waals surface area contributed by atoms with E-state index in [2.05, 4.69) is 29.5 Å². The first-order chi connectivity index (χ1) is 11.4. The first-order valence-electron chi connectivity index (χ1n) is 8.89. The molecule has 0 bridgehead atoms. The van der Waals surface area contributed by atoms with Gasteiger partial charge in [-0.1, -0.05) is 26.0 Å². The summed E-state index contributed by atoms with van der Waals surface area (Å²) in [5.74, 6) is 2.21. The number of guanidine groups is 1. The zero-order valence-corrected chi connectivity index (χ0v) is 18.4. The summed E-state index contributed by atoms with van der Waals surface area (Å²) in [6.45, 7) is 12.4. The van der Waals surface area contributed by atoms with Crippen LogP contribution in [-0.4, -0.2) is 36.8 Å². The quantitative estimate of drug-likeness (QED) is 0.297. The summed E-state index contributed by atoms with van der Waals surface area (Å²) in [6.07, 6.45) is 0.605. The highest BCUT2D eigenvalue weighted by atomic mass is 127. The molecule has 5 nitrogen and oxygen atoms in total. The molecule has 0 saturated heterocycles. The van der Waals surface area contributed by atoms with Crippen molar-refractivity contribution >= 4 is 29.9 Å². The molecule has 1 aromatic carbocycles. The van der Waals surface area contributed by atoms with E-state index in [0.29, 0.717) is 12.5 Å². The minimum absolute atomic E-state index is 0. The lowest BCUT2D eigenvalue weighted by Gasteiger charge is -2.15. The third-order valence-electron chi connectivity index (χ3n) is 3.42. The molecule has 3 N–H and O–H groups in total. The lowest BCUT2D eigenvalue weighted by molar-refractivity contribution is 0.186. The highest BCUT2D eigenvalue weighted by Gasteiger charge is 2.08. The van der Waals surface area contributed by atoms with E-state index in [1.807, 2.05) is 45.0 Å². The molecular weight excluding hydrogens is 429 g/mol. The summed E-state index contributed by atoms with van der Waals surface area (Å²) in [5, 5.41) is 16.8. The monoisotopic (exact) mass is 463 g/mol. The lowest BCUT2D eigenvalue weighted by Crippen LogP contribution is -2.38. The molecule has 0 aliphatic carbocycles. The fourth-order valence-electron chi connectivity index (χ4n) is 2.14. The largest absolute Gasteiger partial charge is 0.491 e. The molecule has 144 valence electrons. The van der Waals surface area contributed by atoms with E-state index < -0.39 is 6.10 Å². The van der Waals surface area contributed by atoms with Crippen LogP contribution in [0.4, 0.5) is 0 Å². The summed E-state index contributed by atoms with van der Waals surface area (Å²) in [6, 6.07) is 7.54. The average molecular weight is 463 g/mol. The smallest absolute Gasteiger partial charge is 0.191 e. The van der Waals surface area contributed by atoms with Crippen molar-refractivity contribution in [1.29, 1.82) is 0 Å². The third kappa shape index (κ3) is 10.5. The van der Waals surface area contributed by atoms with E-state index in [1.165, 1.54) is 0 Å². The van der Waals surface area contributed by atoms with Gasteiger partial charge in [-0.3, -0.25) is 4.99 Å². The molecule has 1 atom stereocenters. The highest BCUT2D eigenvalue weighted by molar-refractivity contribution is 14.0. The fourth-order valence-corrected chi connectivity index (χ4v) is 2.14. The number of hydrogen-bond acceptors (Lipinski definition) is 3. The molecule has 0 radical (unpaired) electrons. The van der Waals surface area contributed by atoms with Crippen molar-refractivity contribution in [2.45, 2.75) is 53.2 Å². The van der Waals surface area contributed by atoms with Crippen LogP contribution in [-0.2, 0) is 0 Å². The molecule has 1 unspecified atom stereocenters. The number of ether oxygens (including phenoxy) is 1. The zero-order valence-electron chi connectivity index (χ0n) is 16.1. The van der Waals surface area contributed by atoms with Crippen LogP contribution in [0, 0.1) is 5.92 Å². The second-order valence-corrected chi connectivity index (χ2v) is 6.58. The maximum Gasteiger partial charge on any atom is 0.191 e. The van der Waals surface area contributed by atoms with Crippen LogP contribution in [0.1, 0.15) is 52.7 Å². The number of rotatable bonds is 9. The van der Waals surface area contributed by atoms with Gasteiger partial charge in [0.1, 0.15) is 5.75 Å². The summed E-state index contributed by atoms with van der Waals surface area (Å²) in [7, 11) is 0. The topological polar surface area (TPSA) is 65.9 Å². The van der Waals surface area contributed by atoms with Crippen LogP contribution in [0.15, 0.2) is 29.3 Å². The Bertz CT molecular complexity index is 490. The molecule has 0 fully saturated rings. The van der Waals surface area contributed by atoms with E-state index in [0.717, 1.165) is 36.8 Å². The molecule has 0 spiro atoms. The van der Waals surface area contributed by atoms with Crippen LogP contribution < -0.4 is 15.4 Å². The van der Waals surface area contributed by atoms with E-state index >= 15 is 0 Å². The number of hydrogen-bond donors (Lipinski definition) is 3. The predicted octanol–water partition coefficient (Wildman–Crippen LogP) is 3.73. The molecule has 0 aliphatic rings. The van der Waals surface area contributed by atoms with Gasteiger partial charge in [-0.15, -0.1) is 24.0 Å². The molecule has 6 heteroatoms. The van der Waals surface area contributed by atoms with Crippen molar-refractivity contribution in [2.75, 3.05) is 19.6 Å². The van der Waals surface area contributed by atoms with E-state index in [-0.39, 0.29) is 30.1 Å². The van der Waals surface area contributed by atoms with Crippen molar-refractivity contribution < 1.29 is 9.84 Å². The molecule has 0 amide bonds. The summed E-state index contributed by atoms with van der Waals surface area (Å²) < 4.78 is 5.61. The first kappa shape index (κ1) is 24.0. The minimum atomic E-state index is -0.626. The summed E-state index contributed by atoms with van der Waals surface area (Å²) >= 11 is 0. The molecule has 1 aromatic rings. The average Bonchev–Trinajstić information content (AvgIpc) is 2.52. The second kappa shape index (κ2) is 13.2. The van der Waals surface area contributed by atoms with Crippen molar-refractivity contribution in [1.82, 2.24) is 10.6 Å². The van der Waals surface area contributed by atoms with Crippen LogP contribution >= 0.6 is 24.0 Å². The predicted molar refractivity (Wildman–Crippen MR) is 116 cm³/mol. The number of halogens is 1. The Morgan fingerprint density at radius 1 is 1.12 bits per heavy atom. The Morgan fingerprint density at radius 2 is 1.76 bits per heavy atom. The number of nitrogens with zero attached hydrogens (tertiary/aromatic N) is 1. The van der Waals surface area contributed by atoms with E-state index in [4.69, 9.17) is 4.74 Å². The molecule has 25 heavy (non-hydrogen) atoms. The van der Waals surface area contributed by atoms with Crippen LogP contribution in [0.5, 0.6) is 5.75 Å². The molecule has 1 rings (SSSR count). The maximum atomic E-state index is 10.3. The Morgan fingerprint density at radius 3 is 2.28 bits per heavy atom. The molecular formula is C19H34IN3O2. The number of benzene rings is 1. The van der Waals surface area contributed by atoms with Crippen molar-refractivity contribution in [3.05, 3.63) is 29.8 Å². The number of aliphatic hydroxyl groups is 1. The number of aliphatic hydroxyl groups excluding tert-OH is 1. The Balaban J connectivity index is 0.00000576. The third-order valence-corrected chi connectivity index (χ3v) is 3.42. The van der Waals surface area contributed by atoms with Gasteiger partial charge >= 0.3 is 0 Å². The Hall–Kier alpha value is -1.02. The molecule has 0 heterocycles. The number of nitrogens with one attached hydrogen (secondary N) is 2. The first-order valence-corrected chi connectivity index (χ1v) is 8.89. The number of aliphatic imine (C=N–C) groups is 1. The van der Waals surface area contributed by atoms with Crippen LogP contribution in [0.25, 0.3) is 0 Å². The highest BCUT2D eigenvalue weighted by Crippen LogP contribution is 2.19. The molecule has 0 aromatic heterocycles. The normalized spacial score (nSPS) is 12.7. The van der Waals surface area contributed by atoms with Crippen molar-refractivity contribution in [3.8, 4) is 5.75 Å². The van der Waals surface area contributed by atoms with Gasteiger partial charge in [0.15, 0.2) is 5.96 Å².